The van der Waals surface area contributed by atoms with E-state index in [4.69, 9.17) is 20.7 Å². The van der Waals surface area contributed by atoms with Gasteiger partial charge in [0.05, 0.1) is 13.2 Å². The molecule has 0 saturated carbocycles. The molecule has 0 amide bonds. The second-order valence-corrected chi connectivity index (χ2v) is 3.27. The van der Waals surface area contributed by atoms with E-state index in [0.29, 0.717) is 0 Å². The van der Waals surface area contributed by atoms with Crippen molar-refractivity contribution in [1.29, 1.82) is 0 Å². The Balaban J connectivity index is 2.89. The molecule has 0 bridgehead atoms. The second kappa shape index (κ2) is 6.28. The summed E-state index contributed by atoms with van der Waals surface area (Å²) >= 11 is 0. The van der Waals surface area contributed by atoms with Crippen LogP contribution in [-0.2, 0) is 4.74 Å². The summed E-state index contributed by atoms with van der Waals surface area (Å²) in [5.41, 5.74) is 4.52. The van der Waals surface area contributed by atoms with Crippen molar-refractivity contribution in [1.82, 2.24) is 9.55 Å². The van der Waals surface area contributed by atoms with Crippen molar-refractivity contribution in [2.75, 3.05) is 25.6 Å². The number of nitrogen functional groups attached to an aromatic ring is 1. The topological polar surface area (TPSA) is 111 Å². The minimum absolute atomic E-state index is 0.0183. The van der Waals surface area contributed by atoms with Crippen LogP contribution in [0.25, 0.3) is 0 Å². The molecule has 0 unspecified atom stereocenters. The third-order valence-electron chi connectivity index (χ3n) is 2.05. The van der Waals surface area contributed by atoms with Crippen LogP contribution in [0, 0.1) is 0 Å². The molecular formula is C9H14FN3O4. The van der Waals surface area contributed by atoms with Crippen molar-refractivity contribution in [3.05, 3.63) is 22.7 Å². The summed E-state index contributed by atoms with van der Waals surface area (Å²) in [6.45, 7) is -1.96. The first-order chi connectivity index (χ1) is 8.12. The van der Waals surface area contributed by atoms with Crippen LogP contribution in [0.3, 0.4) is 0 Å². The molecule has 1 rings (SSSR count). The van der Waals surface area contributed by atoms with Gasteiger partial charge in [-0.3, -0.25) is 4.57 Å². The van der Waals surface area contributed by atoms with Crippen LogP contribution in [0.2, 0.25) is 0 Å². The molecule has 8 heteroatoms. The third kappa shape index (κ3) is 3.48. The Bertz CT molecular complexity index is 407. The van der Waals surface area contributed by atoms with Gasteiger partial charge in [-0.05, 0) is 6.07 Å². The Labute approximate surface area is 96.3 Å². The number of hydrogen-bond donors (Lipinski definition) is 3. The number of anilines is 1. The maximum Gasteiger partial charge on any atom is 0.351 e. The van der Waals surface area contributed by atoms with E-state index < -0.39 is 37.9 Å². The van der Waals surface area contributed by atoms with Gasteiger partial charge in [0.25, 0.3) is 0 Å². The highest BCUT2D eigenvalue weighted by Crippen LogP contribution is 2.10. The standard InChI is InChI=1S/C9H14FN3O4/c10-3-8(17-6(4-14)5-15)13-2-1-7(11)12-9(13)16/h1-2,6,8,14-15H,3-5H2,(H2,11,12,16)/t8-/m1/s1. The molecule has 0 aliphatic carbocycles. The molecular weight excluding hydrogens is 233 g/mol. The highest BCUT2D eigenvalue weighted by molar-refractivity contribution is 5.23. The number of nitrogens with two attached hydrogens (primary N) is 1. The highest BCUT2D eigenvalue weighted by Gasteiger charge is 2.18. The fourth-order valence-corrected chi connectivity index (χ4v) is 1.19. The van der Waals surface area contributed by atoms with Crippen LogP contribution in [0.4, 0.5) is 10.2 Å². The number of hydrogen-bond acceptors (Lipinski definition) is 6. The number of aromatic nitrogens is 2. The molecule has 4 N–H and O–H groups in total. The lowest BCUT2D eigenvalue weighted by molar-refractivity contribution is -0.103. The number of rotatable bonds is 6. The fourth-order valence-electron chi connectivity index (χ4n) is 1.19. The van der Waals surface area contributed by atoms with Crippen LogP contribution >= 0.6 is 0 Å². The van der Waals surface area contributed by atoms with E-state index >= 15 is 0 Å². The molecule has 0 saturated heterocycles. The number of ether oxygens (including phenoxy) is 1. The van der Waals surface area contributed by atoms with E-state index in [1.165, 1.54) is 12.3 Å². The SMILES string of the molecule is Nc1ccn([C@@H](CF)OC(CO)CO)c(=O)n1. The van der Waals surface area contributed by atoms with Gasteiger partial charge >= 0.3 is 5.69 Å². The zero-order valence-corrected chi connectivity index (χ0v) is 8.99. The number of alkyl halides is 1. The molecule has 1 atom stereocenters. The molecule has 0 aliphatic rings. The normalized spacial score (nSPS) is 12.9. The van der Waals surface area contributed by atoms with Gasteiger partial charge in [-0.25, -0.2) is 9.18 Å². The van der Waals surface area contributed by atoms with Crippen LogP contribution in [-0.4, -0.2) is 45.8 Å². The first-order valence-electron chi connectivity index (χ1n) is 4.90. The molecule has 1 heterocycles. The molecule has 0 radical (unpaired) electrons. The minimum Gasteiger partial charge on any atom is -0.394 e. The van der Waals surface area contributed by atoms with Crippen LogP contribution in [0.15, 0.2) is 17.1 Å². The summed E-state index contributed by atoms with van der Waals surface area (Å²) in [4.78, 5) is 14.8. The molecule has 0 aliphatic heterocycles. The smallest absolute Gasteiger partial charge is 0.351 e. The van der Waals surface area contributed by atoms with Crippen molar-refractivity contribution in [3.8, 4) is 0 Å². The lowest BCUT2D eigenvalue weighted by Crippen LogP contribution is -2.34. The van der Waals surface area contributed by atoms with Crippen LogP contribution in [0.5, 0.6) is 0 Å². The van der Waals surface area contributed by atoms with Crippen LogP contribution < -0.4 is 11.4 Å². The second-order valence-electron chi connectivity index (χ2n) is 3.27. The predicted octanol–water partition coefficient (Wildman–Crippen LogP) is -1.34. The van der Waals surface area contributed by atoms with Gasteiger partial charge in [-0.15, -0.1) is 0 Å². The van der Waals surface area contributed by atoms with Crippen molar-refractivity contribution in [2.24, 2.45) is 0 Å². The van der Waals surface area contributed by atoms with Crippen molar-refractivity contribution in [3.63, 3.8) is 0 Å². The summed E-state index contributed by atoms with van der Waals surface area (Å²) in [5, 5.41) is 17.6. The molecule has 7 nitrogen and oxygen atoms in total. The summed E-state index contributed by atoms with van der Waals surface area (Å²) in [5.74, 6) is 0.0183. The molecule has 1 aromatic rings. The minimum atomic E-state index is -1.25. The predicted molar refractivity (Wildman–Crippen MR) is 57.0 cm³/mol. The van der Waals surface area contributed by atoms with Gasteiger partial charge < -0.3 is 20.7 Å². The number of aliphatic hydroxyl groups excluding tert-OH is 2. The zero-order chi connectivity index (χ0) is 12.8. The molecule has 0 fully saturated rings. The summed E-state index contributed by atoms with van der Waals surface area (Å²) in [6.07, 6.45) is -0.971. The first kappa shape index (κ1) is 13.6. The Hall–Kier alpha value is -1.51. The lowest BCUT2D eigenvalue weighted by Gasteiger charge is -2.21. The van der Waals surface area contributed by atoms with E-state index in [-0.39, 0.29) is 5.82 Å². The Morgan fingerprint density at radius 1 is 1.53 bits per heavy atom. The van der Waals surface area contributed by atoms with E-state index in [2.05, 4.69) is 4.98 Å². The molecule has 17 heavy (non-hydrogen) atoms. The van der Waals surface area contributed by atoms with Gasteiger partial charge in [-0.1, -0.05) is 0 Å². The van der Waals surface area contributed by atoms with Crippen molar-refractivity contribution >= 4 is 5.82 Å². The Kier molecular flexibility index (Phi) is 5.01. The number of nitrogens with zero attached hydrogens (tertiary/aromatic N) is 2. The first-order valence-corrected chi connectivity index (χ1v) is 4.90. The van der Waals surface area contributed by atoms with Gasteiger partial charge in [0.2, 0.25) is 0 Å². The van der Waals surface area contributed by atoms with E-state index in [0.717, 1.165) is 4.57 Å². The Morgan fingerprint density at radius 2 is 2.18 bits per heavy atom. The average molecular weight is 247 g/mol. The lowest BCUT2D eigenvalue weighted by atomic mass is 10.4. The summed E-state index contributed by atoms with van der Waals surface area (Å²) in [6, 6.07) is 1.32. The maximum absolute atomic E-state index is 12.7. The largest absolute Gasteiger partial charge is 0.394 e. The summed E-state index contributed by atoms with van der Waals surface area (Å²) in [7, 11) is 0. The third-order valence-corrected chi connectivity index (χ3v) is 2.05. The maximum atomic E-state index is 12.7. The van der Waals surface area contributed by atoms with Gasteiger partial charge in [-0.2, -0.15) is 4.98 Å². The number of aliphatic hydroxyl groups is 2. The van der Waals surface area contributed by atoms with E-state index in [1.807, 2.05) is 0 Å². The average Bonchev–Trinajstić information content (AvgIpc) is 2.32. The van der Waals surface area contributed by atoms with Gasteiger partial charge in [0.1, 0.15) is 18.6 Å². The molecule has 1 aromatic heterocycles. The van der Waals surface area contributed by atoms with Crippen LogP contribution in [0.1, 0.15) is 6.23 Å². The zero-order valence-electron chi connectivity index (χ0n) is 8.99. The van der Waals surface area contributed by atoms with Gasteiger partial charge in [0.15, 0.2) is 6.23 Å². The highest BCUT2D eigenvalue weighted by atomic mass is 19.1. The monoisotopic (exact) mass is 247 g/mol. The van der Waals surface area contributed by atoms with Crippen molar-refractivity contribution in [2.45, 2.75) is 12.3 Å². The van der Waals surface area contributed by atoms with Crippen molar-refractivity contribution < 1.29 is 19.3 Å². The summed E-state index contributed by atoms with van der Waals surface area (Å²) < 4.78 is 18.7. The Morgan fingerprint density at radius 3 is 2.65 bits per heavy atom. The quantitative estimate of drug-likeness (QED) is 0.574. The van der Waals surface area contributed by atoms with Gasteiger partial charge in [0, 0.05) is 6.20 Å². The molecule has 0 aromatic carbocycles. The van der Waals surface area contributed by atoms with E-state index in [1.54, 1.807) is 0 Å². The number of halogens is 1. The fraction of sp³-hybridized carbons (Fsp3) is 0.556. The van der Waals surface area contributed by atoms with E-state index in [9.17, 15) is 9.18 Å². The molecule has 0 spiro atoms. The molecule has 96 valence electrons.